The summed E-state index contributed by atoms with van der Waals surface area (Å²) in [6.45, 7) is 6.89. The quantitative estimate of drug-likeness (QED) is 0.568. The van der Waals surface area contributed by atoms with Crippen molar-refractivity contribution in [3.8, 4) is 0 Å². The average Bonchev–Trinajstić information content (AvgIpc) is 2.39. The molecule has 2 heteroatoms. The van der Waals surface area contributed by atoms with Crippen molar-refractivity contribution in [3.05, 3.63) is 0 Å². The summed E-state index contributed by atoms with van der Waals surface area (Å²) in [5.74, 6) is 1.27. The van der Waals surface area contributed by atoms with Crippen molar-refractivity contribution in [1.29, 1.82) is 0 Å². The second-order valence-electron chi connectivity index (χ2n) is 7.50. The Hall–Kier alpha value is -0.530. The maximum atomic E-state index is 5.11. The van der Waals surface area contributed by atoms with Gasteiger partial charge in [-0.1, -0.05) is 59.3 Å². The molecule has 2 aliphatic carbocycles. The van der Waals surface area contributed by atoms with Crippen molar-refractivity contribution in [1.82, 2.24) is 5.32 Å². The zero-order chi connectivity index (χ0) is 13.7. The van der Waals surface area contributed by atoms with Gasteiger partial charge < -0.3 is 5.32 Å². The molecule has 19 heavy (non-hydrogen) atoms. The van der Waals surface area contributed by atoms with Crippen LogP contribution in [-0.2, 0) is 0 Å². The maximum Gasteiger partial charge on any atom is 0.102 e. The molecule has 2 nitrogen and oxygen atoms in total. The predicted molar refractivity (Wildman–Crippen MR) is 83.8 cm³/mol. The van der Waals surface area contributed by atoms with Crippen LogP contribution >= 0.6 is 0 Å². The summed E-state index contributed by atoms with van der Waals surface area (Å²) in [5, 5.41) is 3.79. The first kappa shape index (κ1) is 14.9. The van der Waals surface area contributed by atoms with E-state index in [1.54, 1.807) is 0 Å². The number of rotatable bonds is 2. The lowest BCUT2D eigenvalue weighted by Gasteiger charge is -2.32. The van der Waals surface area contributed by atoms with Crippen LogP contribution in [0.25, 0.3) is 0 Å². The van der Waals surface area contributed by atoms with Crippen LogP contribution in [0.4, 0.5) is 0 Å². The van der Waals surface area contributed by atoms with Crippen LogP contribution in [0.1, 0.15) is 85.0 Å². The Bertz CT molecular complexity index is 289. The molecule has 0 aromatic heterocycles. The van der Waals surface area contributed by atoms with Crippen LogP contribution in [0, 0.1) is 5.41 Å². The largest absolute Gasteiger partial charge is 0.371 e. The first-order chi connectivity index (χ1) is 9.05. The molecule has 110 valence electrons. The molecule has 0 aliphatic heterocycles. The van der Waals surface area contributed by atoms with Gasteiger partial charge in [0.1, 0.15) is 5.84 Å². The number of aliphatic imine (C=N–C) groups is 1. The minimum absolute atomic E-state index is 0.162. The topological polar surface area (TPSA) is 24.4 Å². The number of nitrogens with zero attached hydrogens (tertiary/aromatic N) is 1. The van der Waals surface area contributed by atoms with E-state index in [9.17, 15) is 0 Å². The van der Waals surface area contributed by atoms with E-state index in [2.05, 4.69) is 26.1 Å². The van der Waals surface area contributed by atoms with Crippen molar-refractivity contribution in [2.45, 2.75) is 97.1 Å². The monoisotopic (exact) mass is 264 g/mol. The molecule has 2 rings (SSSR count). The SMILES string of the molecule is CC(C)(C)C(=NC1CCCCC1)NC1CCCCC1. The van der Waals surface area contributed by atoms with Gasteiger partial charge in [0.15, 0.2) is 0 Å². The molecule has 0 unspecified atom stereocenters. The molecule has 2 aliphatic rings. The molecule has 0 aromatic rings. The summed E-state index contributed by atoms with van der Waals surface area (Å²) in [5.41, 5.74) is 0.162. The lowest BCUT2D eigenvalue weighted by Crippen LogP contribution is -2.43. The smallest absolute Gasteiger partial charge is 0.102 e. The molecule has 2 saturated carbocycles. The Labute approximate surface area is 119 Å². The Kier molecular flexibility index (Phi) is 5.29. The van der Waals surface area contributed by atoms with Gasteiger partial charge >= 0.3 is 0 Å². The fourth-order valence-corrected chi connectivity index (χ4v) is 3.28. The van der Waals surface area contributed by atoms with E-state index in [1.165, 1.54) is 70.0 Å². The molecule has 0 bridgehead atoms. The van der Waals surface area contributed by atoms with E-state index in [4.69, 9.17) is 4.99 Å². The molecule has 2 fully saturated rings. The van der Waals surface area contributed by atoms with E-state index in [0.717, 1.165) is 0 Å². The Morgan fingerprint density at radius 2 is 1.37 bits per heavy atom. The predicted octanol–water partition coefficient (Wildman–Crippen LogP) is 4.69. The van der Waals surface area contributed by atoms with Crippen molar-refractivity contribution >= 4 is 5.84 Å². The Morgan fingerprint density at radius 1 is 0.842 bits per heavy atom. The van der Waals surface area contributed by atoms with E-state index in [1.807, 2.05) is 0 Å². The van der Waals surface area contributed by atoms with Crippen LogP contribution < -0.4 is 5.32 Å². The molecule has 0 spiro atoms. The van der Waals surface area contributed by atoms with Gasteiger partial charge in [-0.25, -0.2) is 0 Å². The van der Waals surface area contributed by atoms with Crippen molar-refractivity contribution in [2.24, 2.45) is 10.4 Å². The lowest BCUT2D eigenvalue weighted by atomic mass is 9.90. The van der Waals surface area contributed by atoms with E-state index >= 15 is 0 Å². The minimum Gasteiger partial charge on any atom is -0.371 e. The summed E-state index contributed by atoms with van der Waals surface area (Å²) < 4.78 is 0. The molecule has 1 N–H and O–H groups in total. The molecule has 0 saturated heterocycles. The van der Waals surface area contributed by atoms with E-state index in [0.29, 0.717) is 12.1 Å². The molecule has 0 amide bonds. The molecule has 0 atom stereocenters. The molecular weight excluding hydrogens is 232 g/mol. The summed E-state index contributed by atoms with van der Waals surface area (Å²) in [7, 11) is 0. The van der Waals surface area contributed by atoms with Crippen LogP contribution in [0.3, 0.4) is 0 Å². The van der Waals surface area contributed by atoms with Crippen molar-refractivity contribution in [3.63, 3.8) is 0 Å². The van der Waals surface area contributed by atoms with Crippen LogP contribution in [0.15, 0.2) is 4.99 Å². The number of hydrogen-bond acceptors (Lipinski definition) is 1. The van der Waals surface area contributed by atoms with Gasteiger partial charge in [-0.3, -0.25) is 4.99 Å². The highest BCUT2D eigenvalue weighted by Crippen LogP contribution is 2.25. The fourth-order valence-electron chi connectivity index (χ4n) is 3.28. The highest BCUT2D eigenvalue weighted by molar-refractivity contribution is 5.87. The van der Waals surface area contributed by atoms with Gasteiger partial charge in [0, 0.05) is 11.5 Å². The normalized spacial score (nSPS) is 24.5. The van der Waals surface area contributed by atoms with Gasteiger partial charge in [0.2, 0.25) is 0 Å². The fraction of sp³-hybridized carbons (Fsp3) is 0.941. The van der Waals surface area contributed by atoms with Gasteiger partial charge in [-0.15, -0.1) is 0 Å². The summed E-state index contributed by atoms with van der Waals surface area (Å²) in [6, 6.07) is 1.26. The number of nitrogens with one attached hydrogen (secondary N) is 1. The zero-order valence-electron chi connectivity index (χ0n) is 13.2. The number of amidine groups is 1. The standard InChI is InChI=1S/C17H32N2/c1-17(2,3)16(18-14-10-6-4-7-11-14)19-15-12-8-5-9-13-15/h14-15H,4-13H2,1-3H3,(H,18,19). The van der Waals surface area contributed by atoms with Gasteiger partial charge in [-0.2, -0.15) is 0 Å². The maximum absolute atomic E-state index is 5.11. The van der Waals surface area contributed by atoms with Gasteiger partial charge in [-0.05, 0) is 25.7 Å². The minimum atomic E-state index is 0.162. The molecule has 0 aromatic carbocycles. The van der Waals surface area contributed by atoms with Gasteiger partial charge in [0.05, 0.1) is 6.04 Å². The van der Waals surface area contributed by atoms with E-state index in [-0.39, 0.29) is 5.41 Å². The second kappa shape index (κ2) is 6.76. The average molecular weight is 264 g/mol. The first-order valence-corrected chi connectivity index (χ1v) is 8.40. The van der Waals surface area contributed by atoms with Crippen molar-refractivity contribution in [2.75, 3.05) is 0 Å². The third-order valence-electron chi connectivity index (χ3n) is 4.54. The lowest BCUT2D eigenvalue weighted by molar-refractivity contribution is 0.392. The zero-order valence-corrected chi connectivity index (χ0v) is 13.2. The third-order valence-corrected chi connectivity index (χ3v) is 4.54. The number of hydrogen-bond donors (Lipinski definition) is 1. The van der Waals surface area contributed by atoms with Crippen LogP contribution in [-0.4, -0.2) is 17.9 Å². The molecule has 0 heterocycles. The Morgan fingerprint density at radius 3 is 1.89 bits per heavy atom. The van der Waals surface area contributed by atoms with Crippen LogP contribution in [0.5, 0.6) is 0 Å². The summed E-state index contributed by atoms with van der Waals surface area (Å²) in [6.07, 6.45) is 13.6. The third kappa shape index (κ3) is 4.81. The van der Waals surface area contributed by atoms with Crippen molar-refractivity contribution < 1.29 is 0 Å². The summed E-state index contributed by atoms with van der Waals surface area (Å²) in [4.78, 5) is 5.11. The first-order valence-electron chi connectivity index (χ1n) is 8.40. The highest BCUT2D eigenvalue weighted by atomic mass is 15.0. The Balaban J connectivity index is 1.99. The molecular formula is C17H32N2. The second-order valence-corrected chi connectivity index (χ2v) is 7.50. The molecule has 0 radical (unpaired) electrons. The van der Waals surface area contributed by atoms with Crippen LogP contribution in [0.2, 0.25) is 0 Å². The summed E-state index contributed by atoms with van der Waals surface area (Å²) >= 11 is 0. The van der Waals surface area contributed by atoms with E-state index < -0.39 is 0 Å². The van der Waals surface area contributed by atoms with Gasteiger partial charge in [0.25, 0.3) is 0 Å². The highest BCUT2D eigenvalue weighted by Gasteiger charge is 2.25.